The molecule has 4 heteroatoms. The molecule has 0 radical (unpaired) electrons. The summed E-state index contributed by atoms with van der Waals surface area (Å²) in [4.78, 5) is 13.3. The highest BCUT2D eigenvalue weighted by Gasteiger charge is 2.13. The number of likely N-dealkylation sites (N-methyl/N-ethyl adjacent to an activating group) is 1. The molecule has 1 amide bonds. The topological polar surface area (TPSA) is 41.6 Å². The zero-order chi connectivity index (χ0) is 11.9. The number of nitrogens with zero attached hydrogens (tertiary/aromatic N) is 1. The molecule has 0 aromatic rings. The quantitative estimate of drug-likeness (QED) is 0.670. The van der Waals surface area contributed by atoms with E-state index < -0.39 is 0 Å². The molecule has 0 spiro atoms. The van der Waals surface area contributed by atoms with Gasteiger partial charge in [0.15, 0.2) is 0 Å². The van der Waals surface area contributed by atoms with Crippen LogP contribution < -0.4 is 5.32 Å². The summed E-state index contributed by atoms with van der Waals surface area (Å²) >= 11 is 0. The summed E-state index contributed by atoms with van der Waals surface area (Å²) in [6, 6.07) is 0. The summed E-state index contributed by atoms with van der Waals surface area (Å²) in [7, 11) is 1.80. The fraction of sp³-hybridized carbons (Fsp3) is 0.909. The van der Waals surface area contributed by atoms with Gasteiger partial charge in [0.25, 0.3) is 0 Å². The normalized spacial score (nSPS) is 11.5. The Bertz CT molecular complexity index is 188. The van der Waals surface area contributed by atoms with Crippen LogP contribution in [0, 0.1) is 0 Å². The molecular formula is C11H24N2O2. The molecule has 0 aromatic carbocycles. The van der Waals surface area contributed by atoms with Gasteiger partial charge in [-0.25, -0.2) is 0 Å². The molecule has 0 aliphatic carbocycles. The van der Waals surface area contributed by atoms with Crippen LogP contribution in [-0.2, 0) is 9.53 Å². The van der Waals surface area contributed by atoms with E-state index in [9.17, 15) is 4.79 Å². The first-order valence-corrected chi connectivity index (χ1v) is 5.43. The number of amides is 1. The average Bonchev–Trinajstić information content (AvgIpc) is 2.13. The van der Waals surface area contributed by atoms with Crippen LogP contribution in [0.25, 0.3) is 0 Å². The Morgan fingerprint density at radius 3 is 2.47 bits per heavy atom. The maximum absolute atomic E-state index is 11.6. The maximum atomic E-state index is 11.6. The average molecular weight is 216 g/mol. The second-order valence-corrected chi connectivity index (χ2v) is 4.62. The summed E-state index contributed by atoms with van der Waals surface area (Å²) in [5, 5.41) is 3.16. The zero-order valence-corrected chi connectivity index (χ0v) is 10.6. The molecule has 0 saturated carbocycles. The van der Waals surface area contributed by atoms with E-state index in [-0.39, 0.29) is 11.4 Å². The Morgan fingerprint density at radius 2 is 2.00 bits per heavy atom. The van der Waals surface area contributed by atoms with Crippen LogP contribution in [0.5, 0.6) is 0 Å². The Kier molecular flexibility index (Phi) is 6.52. The predicted molar refractivity (Wildman–Crippen MR) is 61.9 cm³/mol. The van der Waals surface area contributed by atoms with Crippen molar-refractivity contribution in [2.24, 2.45) is 0 Å². The van der Waals surface area contributed by atoms with E-state index in [0.29, 0.717) is 26.3 Å². The van der Waals surface area contributed by atoms with E-state index in [1.165, 1.54) is 0 Å². The van der Waals surface area contributed by atoms with E-state index in [4.69, 9.17) is 4.74 Å². The van der Waals surface area contributed by atoms with Crippen LogP contribution in [0.1, 0.15) is 27.7 Å². The monoisotopic (exact) mass is 216 g/mol. The van der Waals surface area contributed by atoms with Crippen molar-refractivity contribution in [3.63, 3.8) is 0 Å². The fourth-order valence-electron chi connectivity index (χ4n) is 0.946. The van der Waals surface area contributed by atoms with E-state index in [1.807, 2.05) is 27.7 Å². The van der Waals surface area contributed by atoms with E-state index in [0.717, 1.165) is 0 Å². The number of hydrogen-bond donors (Lipinski definition) is 1. The first kappa shape index (κ1) is 14.4. The van der Waals surface area contributed by atoms with Gasteiger partial charge in [-0.3, -0.25) is 4.79 Å². The highest BCUT2D eigenvalue weighted by Crippen LogP contribution is 1.97. The minimum atomic E-state index is -0.0174. The van der Waals surface area contributed by atoms with Gasteiger partial charge in [-0.15, -0.1) is 0 Å². The molecule has 15 heavy (non-hydrogen) atoms. The van der Waals surface area contributed by atoms with Gasteiger partial charge in [-0.1, -0.05) is 0 Å². The first-order valence-electron chi connectivity index (χ1n) is 5.43. The summed E-state index contributed by atoms with van der Waals surface area (Å²) in [5.74, 6) is 0.102. The fourth-order valence-corrected chi connectivity index (χ4v) is 0.946. The molecule has 0 saturated heterocycles. The van der Waals surface area contributed by atoms with Gasteiger partial charge in [0.1, 0.15) is 0 Å². The molecule has 0 fully saturated rings. The van der Waals surface area contributed by atoms with Crippen molar-refractivity contribution in [3.8, 4) is 0 Å². The maximum Gasteiger partial charge on any atom is 0.236 e. The molecule has 0 rings (SSSR count). The second-order valence-electron chi connectivity index (χ2n) is 4.62. The largest absolute Gasteiger partial charge is 0.380 e. The third-order valence-corrected chi connectivity index (χ3v) is 1.97. The van der Waals surface area contributed by atoms with Gasteiger partial charge < -0.3 is 15.0 Å². The molecule has 0 aliphatic rings. The van der Waals surface area contributed by atoms with Crippen LogP contribution in [0.3, 0.4) is 0 Å². The number of nitrogens with one attached hydrogen (secondary N) is 1. The van der Waals surface area contributed by atoms with Crippen molar-refractivity contribution in [3.05, 3.63) is 0 Å². The summed E-state index contributed by atoms with van der Waals surface area (Å²) in [5.41, 5.74) is -0.0174. The lowest BCUT2D eigenvalue weighted by molar-refractivity contribution is -0.129. The third kappa shape index (κ3) is 8.39. The van der Waals surface area contributed by atoms with Gasteiger partial charge in [0, 0.05) is 25.7 Å². The minimum Gasteiger partial charge on any atom is -0.380 e. The van der Waals surface area contributed by atoms with Gasteiger partial charge in [0.2, 0.25) is 5.91 Å². The summed E-state index contributed by atoms with van der Waals surface area (Å²) in [6.45, 7) is 10.4. The third-order valence-electron chi connectivity index (χ3n) is 1.97. The van der Waals surface area contributed by atoms with E-state index in [2.05, 4.69) is 5.32 Å². The van der Waals surface area contributed by atoms with Gasteiger partial charge >= 0.3 is 0 Å². The predicted octanol–water partition coefficient (Wildman–Crippen LogP) is 0.869. The number of hydrogen-bond acceptors (Lipinski definition) is 3. The highest BCUT2D eigenvalue weighted by molar-refractivity contribution is 5.78. The molecule has 1 N–H and O–H groups in total. The molecule has 0 heterocycles. The SMILES string of the molecule is CCOCCN(C)C(=O)CNC(C)(C)C. The van der Waals surface area contributed by atoms with Crippen LogP contribution in [0.15, 0.2) is 0 Å². The minimum absolute atomic E-state index is 0.0174. The number of carbonyl (C=O) groups is 1. The smallest absolute Gasteiger partial charge is 0.236 e. The molecule has 0 aromatic heterocycles. The van der Waals surface area contributed by atoms with Crippen LogP contribution >= 0.6 is 0 Å². The Labute approximate surface area is 93.0 Å². The van der Waals surface area contributed by atoms with Gasteiger partial charge in [-0.2, -0.15) is 0 Å². The van der Waals surface area contributed by atoms with Crippen molar-refractivity contribution in [2.45, 2.75) is 33.2 Å². The van der Waals surface area contributed by atoms with Crippen LogP contribution in [0.4, 0.5) is 0 Å². The van der Waals surface area contributed by atoms with Crippen molar-refractivity contribution in [1.82, 2.24) is 10.2 Å². The van der Waals surface area contributed by atoms with Gasteiger partial charge in [-0.05, 0) is 27.7 Å². The molecular weight excluding hydrogens is 192 g/mol. The first-order chi connectivity index (χ1) is 6.87. The Balaban J connectivity index is 3.70. The molecule has 0 unspecified atom stereocenters. The second kappa shape index (κ2) is 6.80. The Hall–Kier alpha value is -0.610. The van der Waals surface area contributed by atoms with Crippen molar-refractivity contribution in [1.29, 1.82) is 0 Å². The molecule has 0 atom stereocenters. The number of rotatable bonds is 6. The zero-order valence-electron chi connectivity index (χ0n) is 10.6. The van der Waals surface area contributed by atoms with Crippen LogP contribution in [0.2, 0.25) is 0 Å². The Morgan fingerprint density at radius 1 is 1.40 bits per heavy atom. The summed E-state index contributed by atoms with van der Waals surface area (Å²) in [6.07, 6.45) is 0. The molecule has 90 valence electrons. The molecule has 4 nitrogen and oxygen atoms in total. The lowest BCUT2D eigenvalue weighted by Crippen LogP contribution is -2.44. The van der Waals surface area contributed by atoms with Crippen molar-refractivity contribution >= 4 is 5.91 Å². The van der Waals surface area contributed by atoms with Crippen LogP contribution in [-0.4, -0.2) is 49.7 Å². The van der Waals surface area contributed by atoms with Crippen molar-refractivity contribution in [2.75, 3.05) is 33.4 Å². The standard InChI is InChI=1S/C11H24N2O2/c1-6-15-8-7-13(5)10(14)9-12-11(2,3)4/h12H,6-9H2,1-5H3. The molecule has 0 aliphatic heterocycles. The number of carbonyl (C=O) groups excluding carboxylic acids is 1. The summed E-state index contributed by atoms with van der Waals surface area (Å²) < 4.78 is 5.19. The van der Waals surface area contributed by atoms with E-state index >= 15 is 0 Å². The lowest BCUT2D eigenvalue weighted by Gasteiger charge is -2.23. The van der Waals surface area contributed by atoms with E-state index in [1.54, 1.807) is 11.9 Å². The molecule has 0 bridgehead atoms. The number of ether oxygens (including phenoxy) is 1. The highest BCUT2D eigenvalue weighted by atomic mass is 16.5. The van der Waals surface area contributed by atoms with Gasteiger partial charge in [0.05, 0.1) is 13.2 Å². The lowest BCUT2D eigenvalue weighted by atomic mass is 10.1. The van der Waals surface area contributed by atoms with Crippen molar-refractivity contribution < 1.29 is 9.53 Å².